The van der Waals surface area contributed by atoms with E-state index < -0.39 is 11.7 Å². The van der Waals surface area contributed by atoms with E-state index in [4.69, 9.17) is 4.98 Å². The number of halogens is 2. The fraction of sp³-hybridized carbons (Fsp3) is 0.222. The third kappa shape index (κ3) is 4.46. The number of rotatable bonds is 5. The highest BCUT2D eigenvalue weighted by atomic mass is 19.1. The van der Waals surface area contributed by atoms with Crippen molar-refractivity contribution in [1.29, 1.82) is 0 Å². The van der Waals surface area contributed by atoms with Gasteiger partial charge in [0.05, 0.1) is 16.6 Å². The predicted molar refractivity (Wildman–Crippen MR) is 133 cm³/mol. The first-order valence-electron chi connectivity index (χ1n) is 12.1. The summed E-state index contributed by atoms with van der Waals surface area (Å²) in [4.78, 5) is 25.8. The van der Waals surface area contributed by atoms with Gasteiger partial charge in [0.1, 0.15) is 29.5 Å². The smallest absolute Gasteiger partial charge is 0.270 e. The summed E-state index contributed by atoms with van der Waals surface area (Å²) in [5.74, 6) is -0.122. The Labute approximate surface area is 210 Å². The van der Waals surface area contributed by atoms with Crippen molar-refractivity contribution in [2.75, 3.05) is 0 Å². The van der Waals surface area contributed by atoms with Crippen molar-refractivity contribution in [1.82, 2.24) is 35.0 Å². The van der Waals surface area contributed by atoms with Crippen molar-refractivity contribution in [2.24, 2.45) is 0 Å². The van der Waals surface area contributed by atoms with Crippen molar-refractivity contribution in [3.05, 3.63) is 84.4 Å². The molecule has 0 unspecified atom stereocenters. The van der Waals surface area contributed by atoms with Gasteiger partial charge in [0.25, 0.3) is 5.91 Å². The lowest BCUT2D eigenvalue weighted by molar-refractivity contribution is 0.0915. The van der Waals surface area contributed by atoms with Gasteiger partial charge in [-0.15, -0.1) is 0 Å². The maximum atomic E-state index is 15.0. The molecule has 1 aliphatic rings. The number of carbonyl (C=O) groups is 1. The number of carbonyl (C=O) groups excluding carboxylic acids is 1. The highest BCUT2D eigenvalue weighted by Gasteiger charge is 2.29. The quantitative estimate of drug-likeness (QED) is 0.351. The number of pyridine rings is 1. The lowest BCUT2D eigenvalue weighted by atomic mass is 9.90. The molecule has 10 heteroatoms. The van der Waals surface area contributed by atoms with Crippen molar-refractivity contribution >= 4 is 16.9 Å². The van der Waals surface area contributed by atoms with Crippen LogP contribution in [0.1, 0.15) is 42.2 Å². The van der Waals surface area contributed by atoms with Gasteiger partial charge in [-0.3, -0.25) is 14.9 Å². The van der Waals surface area contributed by atoms with E-state index in [9.17, 15) is 13.6 Å². The van der Waals surface area contributed by atoms with Crippen LogP contribution in [0.25, 0.3) is 33.8 Å². The fourth-order valence-electron chi connectivity index (χ4n) is 5.10. The van der Waals surface area contributed by atoms with Crippen LogP contribution in [0.4, 0.5) is 8.78 Å². The lowest BCUT2D eigenvalue weighted by Gasteiger charge is -2.32. The van der Waals surface area contributed by atoms with E-state index in [1.165, 1.54) is 24.7 Å². The molecule has 2 aromatic carbocycles. The minimum absolute atomic E-state index is 0.0407. The van der Waals surface area contributed by atoms with Crippen LogP contribution in [-0.4, -0.2) is 41.7 Å². The Morgan fingerprint density at radius 3 is 2.76 bits per heavy atom. The average molecular weight is 500 g/mol. The summed E-state index contributed by atoms with van der Waals surface area (Å²) in [6.45, 7) is 0. The molecule has 0 radical (unpaired) electrons. The van der Waals surface area contributed by atoms with Gasteiger partial charge in [0.15, 0.2) is 5.82 Å². The van der Waals surface area contributed by atoms with E-state index in [1.54, 1.807) is 18.2 Å². The van der Waals surface area contributed by atoms with E-state index in [0.29, 0.717) is 23.6 Å². The van der Waals surface area contributed by atoms with Crippen LogP contribution in [-0.2, 0) is 0 Å². The van der Waals surface area contributed by atoms with Gasteiger partial charge in [-0.2, -0.15) is 5.10 Å². The number of nitrogens with one attached hydrogen (secondary N) is 2. The Bertz CT molecular complexity index is 1580. The first-order valence-corrected chi connectivity index (χ1v) is 12.1. The van der Waals surface area contributed by atoms with Gasteiger partial charge in [-0.1, -0.05) is 12.1 Å². The van der Waals surface area contributed by atoms with Crippen LogP contribution >= 0.6 is 0 Å². The van der Waals surface area contributed by atoms with Crippen LogP contribution in [0.5, 0.6) is 0 Å². The summed E-state index contributed by atoms with van der Waals surface area (Å²) in [7, 11) is 0. The molecule has 6 rings (SSSR count). The number of hydrogen-bond donors (Lipinski definition) is 2. The maximum absolute atomic E-state index is 15.0. The average Bonchev–Trinajstić information content (AvgIpc) is 3.57. The third-order valence-corrected chi connectivity index (χ3v) is 6.79. The highest BCUT2D eigenvalue weighted by molar-refractivity contribution is 5.92. The number of aromatic nitrogens is 6. The van der Waals surface area contributed by atoms with Crippen LogP contribution in [0, 0.1) is 11.6 Å². The number of fused-ring (bicyclic) bond motifs is 1. The lowest BCUT2D eigenvalue weighted by Crippen LogP contribution is -2.39. The molecule has 8 nitrogen and oxygen atoms in total. The predicted octanol–water partition coefficient (Wildman–Crippen LogP) is 5.08. The van der Waals surface area contributed by atoms with Gasteiger partial charge < -0.3 is 9.88 Å². The van der Waals surface area contributed by atoms with Crippen molar-refractivity contribution in [3.63, 3.8) is 0 Å². The molecule has 186 valence electrons. The number of amides is 1. The second kappa shape index (κ2) is 9.53. The summed E-state index contributed by atoms with van der Waals surface area (Å²) in [5, 5.41) is 9.84. The molecule has 5 aromatic rings. The van der Waals surface area contributed by atoms with E-state index in [0.717, 1.165) is 41.9 Å². The maximum Gasteiger partial charge on any atom is 0.270 e. The summed E-state index contributed by atoms with van der Waals surface area (Å²) in [6.07, 6.45) is 5.80. The molecule has 3 heterocycles. The van der Waals surface area contributed by atoms with Crippen molar-refractivity contribution < 1.29 is 13.6 Å². The molecular weight excluding hydrogens is 476 g/mol. The zero-order valence-electron chi connectivity index (χ0n) is 19.7. The summed E-state index contributed by atoms with van der Waals surface area (Å²) < 4.78 is 30.6. The van der Waals surface area contributed by atoms with Crippen molar-refractivity contribution in [2.45, 2.75) is 37.8 Å². The Morgan fingerprint density at radius 1 is 1.05 bits per heavy atom. The highest BCUT2D eigenvalue weighted by Crippen LogP contribution is 2.37. The molecule has 0 aliphatic heterocycles. The second-order valence-electron chi connectivity index (χ2n) is 9.17. The molecule has 2 N–H and O–H groups in total. The van der Waals surface area contributed by atoms with Crippen LogP contribution in [0.15, 0.2) is 67.1 Å². The van der Waals surface area contributed by atoms with Crippen LogP contribution in [0.3, 0.4) is 0 Å². The minimum Gasteiger partial charge on any atom is -0.348 e. The zero-order valence-corrected chi connectivity index (χ0v) is 19.7. The molecule has 37 heavy (non-hydrogen) atoms. The van der Waals surface area contributed by atoms with Gasteiger partial charge >= 0.3 is 0 Å². The van der Waals surface area contributed by atoms with Crippen molar-refractivity contribution in [3.8, 4) is 22.8 Å². The molecule has 0 spiro atoms. The van der Waals surface area contributed by atoms with Gasteiger partial charge in [0, 0.05) is 29.9 Å². The Morgan fingerprint density at radius 2 is 1.95 bits per heavy atom. The molecule has 0 saturated heterocycles. The molecule has 1 fully saturated rings. The molecule has 2 atom stereocenters. The largest absolute Gasteiger partial charge is 0.348 e. The van der Waals surface area contributed by atoms with Crippen LogP contribution in [0.2, 0.25) is 0 Å². The van der Waals surface area contributed by atoms with Gasteiger partial charge in [0.2, 0.25) is 0 Å². The van der Waals surface area contributed by atoms with E-state index >= 15 is 0 Å². The Balaban J connectivity index is 1.39. The SMILES string of the molecule is O=C(N[C@H]1CCC[C@@H](n2c(-c3ccccc3F)nc3ccc(-c4ncn[nH]4)cc32)C1)c1cc(F)ccn1. The standard InChI is InChI=1S/C27H23F2N7O/c28-17-10-11-30-23(13-17)27(37)33-18-4-3-5-19(14-18)36-24-12-16(25-31-15-32-35-25)8-9-22(24)34-26(36)20-6-1-2-7-21(20)29/h1-2,6-13,15,18-19H,3-5,14H2,(H,33,37)(H,31,32,35)/t18-,19+/m0/s1. The van der Waals surface area contributed by atoms with E-state index in [1.807, 2.05) is 18.2 Å². The summed E-state index contributed by atoms with van der Waals surface area (Å²) >= 11 is 0. The van der Waals surface area contributed by atoms with Crippen LogP contribution < -0.4 is 5.32 Å². The van der Waals surface area contributed by atoms with Gasteiger partial charge in [-0.05, 0) is 62.1 Å². The Hall–Kier alpha value is -4.47. The minimum atomic E-state index is -0.511. The number of hydrogen-bond acceptors (Lipinski definition) is 5. The van der Waals surface area contributed by atoms with E-state index in [2.05, 4.69) is 30.0 Å². The molecule has 3 aromatic heterocycles. The third-order valence-electron chi connectivity index (χ3n) is 6.79. The number of aromatic amines is 1. The molecular formula is C27H23F2N7O. The van der Waals surface area contributed by atoms with Gasteiger partial charge in [-0.25, -0.2) is 18.7 Å². The molecule has 0 bridgehead atoms. The normalized spacial score (nSPS) is 17.7. The fourth-order valence-corrected chi connectivity index (χ4v) is 5.10. The molecule has 1 saturated carbocycles. The summed E-state index contributed by atoms with van der Waals surface area (Å²) in [6, 6.07) is 14.5. The number of H-pyrrole nitrogens is 1. The zero-order chi connectivity index (χ0) is 25.4. The Kier molecular flexibility index (Phi) is 5.91. The topological polar surface area (TPSA) is 101 Å². The number of imidazole rings is 1. The second-order valence-corrected chi connectivity index (χ2v) is 9.17. The number of benzene rings is 2. The first-order chi connectivity index (χ1) is 18.1. The van der Waals surface area contributed by atoms with E-state index in [-0.39, 0.29) is 23.6 Å². The molecule has 1 amide bonds. The first kappa shape index (κ1) is 23.0. The monoisotopic (exact) mass is 499 g/mol. The number of nitrogens with zero attached hydrogens (tertiary/aromatic N) is 5. The summed E-state index contributed by atoms with van der Waals surface area (Å²) in [5.41, 5.74) is 2.87. The molecule has 1 aliphatic carbocycles.